The Morgan fingerprint density at radius 2 is 1.85 bits per heavy atom. The minimum atomic E-state index is -1.10. The van der Waals surface area contributed by atoms with Crippen LogP contribution in [0.4, 0.5) is 4.79 Å². The molecule has 3 amide bonds. The highest BCUT2D eigenvalue weighted by molar-refractivity contribution is 6.05. The number of hydrogen-bond donors (Lipinski definition) is 2. The van der Waals surface area contributed by atoms with E-state index in [1.807, 2.05) is 35.8 Å². The first kappa shape index (κ1) is 19.5. The van der Waals surface area contributed by atoms with Crippen molar-refractivity contribution in [2.45, 2.75) is 52.8 Å². The molecule has 0 radical (unpaired) electrons. The largest absolute Gasteiger partial charge is 0.449 e. The van der Waals surface area contributed by atoms with Crippen molar-refractivity contribution in [3.8, 4) is 0 Å². The van der Waals surface area contributed by atoms with Crippen molar-refractivity contribution < 1.29 is 19.1 Å². The molecular formula is C19H25N3O4. The van der Waals surface area contributed by atoms with Crippen LogP contribution in [0.1, 0.15) is 45.0 Å². The maximum Gasteiger partial charge on any atom is 0.341 e. The lowest BCUT2D eigenvalue weighted by Gasteiger charge is -2.21. The predicted octanol–water partition coefficient (Wildman–Crippen LogP) is 2.83. The summed E-state index contributed by atoms with van der Waals surface area (Å²) in [6, 6.07) is 6.86. The molecule has 1 heterocycles. The van der Waals surface area contributed by atoms with E-state index in [1.54, 1.807) is 27.0 Å². The van der Waals surface area contributed by atoms with Gasteiger partial charge in [-0.05, 0) is 40.7 Å². The standard InChI is InChI=1S/C19H25N3O4/c1-6-22-11-14(13-9-7-8-10-15(13)22)17(24)26-12(2)16(23)20-18(25)21-19(3,4)5/h7-12H,6H2,1-5H3,(H2,20,21,23,25)/t12-/m1/s1. The summed E-state index contributed by atoms with van der Waals surface area (Å²) >= 11 is 0. The lowest BCUT2D eigenvalue weighted by atomic mass is 10.1. The Balaban J connectivity index is 2.08. The highest BCUT2D eigenvalue weighted by Crippen LogP contribution is 2.22. The van der Waals surface area contributed by atoms with Crippen LogP contribution in [0.25, 0.3) is 10.9 Å². The van der Waals surface area contributed by atoms with Gasteiger partial charge in [0, 0.05) is 29.2 Å². The lowest BCUT2D eigenvalue weighted by Crippen LogP contribution is -2.50. The Hall–Kier alpha value is -2.83. The van der Waals surface area contributed by atoms with Crippen molar-refractivity contribution >= 4 is 28.8 Å². The first-order valence-electron chi connectivity index (χ1n) is 8.54. The molecule has 0 aliphatic rings. The molecule has 26 heavy (non-hydrogen) atoms. The summed E-state index contributed by atoms with van der Waals surface area (Å²) in [5, 5.41) is 5.55. The summed E-state index contributed by atoms with van der Waals surface area (Å²) in [5.74, 6) is -1.29. The predicted molar refractivity (Wildman–Crippen MR) is 98.9 cm³/mol. The van der Waals surface area contributed by atoms with Crippen LogP contribution < -0.4 is 10.6 Å². The monoisotopic (exact) mass is 359 g/mol. The van der Waals surface area contributed by atoms with Crippen molar-refractivity contribution in [1.82, 2.24) is 15.2 Å². The fraction of sp³-hybridized carbons (Fsp3) is 0.421. The summed E-state index contributed by atoms with van der Waals surface area (Å²) in [7, 11) is 0. The van der Waals surface area contributed by atoms with Crippen molar-refractivity contribution in [1.29, 1.82) is 0 Å². The molecule has 0 aliphatic carbocycles. The number of urea groups is 1. The Bertz CT molecular complexity index is 833. The van der Waals surface area contributed by atoms with Gasteiger partial charge in [-0.3, -0.25) is 10.1 Å². The number of carbonyl (C=O) groups is 3. The van der Waals surface area contributed by atoms with Crippen LogP contribution in [0.15, 0.2) is 30.5 Å². The van der Waals surface area contributed by atoms with E-state index in [1.165, 1.54) is 6.92 Å². The maximum atomic E-state index is 12.5. The highest BCUT2D eigenvalue weighted by Gasteiger charge is 2.24. The molecule has 1 aromatic heterocycles. The van der Waals surface area contributed by atoms with E-state index >= 15 is 0 Å². The van der Waals surface area contributed by atoms with E-state index in [4.69, 9.17) is 4.74 Å². The van der Waals surface area contributed by atoms with Crippen molar-refractivity contribution in [3.63, 3.8) is 0 Å². The number of nitrogens with one attached hydrogen (secondary N) is 2. The third kappa shape index (κ3) is 4.62. The summed E-state index contributed by atoms with van der Waals surface area (Å²) in [6.07, 6.45) is 0.612. The maximum absolute atomic E-state index is 12.5. The average molecular weight is 359 g/mol. The summed E-state index contributed by atoms with van der Waals surface area (Å²) in [5.41, 5.74) is 0.830. The van der Waals surface area contributed by atoms with E-state index in [0.717, 1.165) is 10.9 Å². The van der Waals surface area contributed by atoms with Gasteiger partial charge in [0.2, 0.25) is 0 Å². The Labute approximate surface area is 152 Å². The zero-order valence-corrected chi connectivity index (χ0v) is 15.8. The molecule has 0 aliphatic heterocycles. The quantitative estimate of drug-likeness (QED) is 0.822. The Morgan fingerprint density at radius 1 is 1.19 bits per heavy atom. The molecule has 0 fully saturated rings. The van der Waals surface area contributed by atoms with Gasteiger partial charge in [0.15, 0.2) is 6.10 Å². The van der Waals surface area contributed by atoms with Crippen LogP contribution in [0.3, 0.4) is 0 Å². The number of rotatable bonds is 4. The summed E-state index contributed by atoms with van der Waals surface area (Å²) in [4.78, 5) is 36.3. The van der Waals surface area contributed by atoms with Gasteiger partial charge >= 0.3 is 12.0 Å². The number of esters is 1. The molecule has 0 spiro atoms. The van der Waals surface area contributed by atoms with Crippen molar-refractivity contribution in [2.75, 3.05) is 0 Å². The van der Waals surface area contributed by atoms with Gasteiger partial charge in [-0.25, -0.2) is 9.59 Å². The van der Waals surface area contributed by atoms with Crippen LogP contribution in [0.5, 0.6) is 0 Å². The van der Waals surface area contributed by atoms with Gasteiger partial charge in [0.05, 0.1) is 5.56 Å². The first-order chi connectivity index (χ1) is 12.1. The number of hydrogen-bond acceptors (Lipinski definition) is 4. The number of aromatic nitrogens is 1. The highest BCUT2D eigenvalue weighted by atomic mass is 16.5. The van der Waals surface area contributed by atoms with E-state index < -0.39 is 29.6 Å². The van der Waals surface area contributed by atoms with Gasteiger partial charge in [0.1, 0.15) is 0 Å². The van der Waals surface area contributed by atoms with Gasteiger partial charge < -0.3 is 14.6 Å². The van der Waals surface area contributed by atoms with Gasteiger partial charge in [0.25, 0.3) is 5.91 Å². The molecular weight excluding hydrogens is 334 g/mol. The molecule has 7 nitrogen and oxygen atoms in total. The third-order valence-electron chi connectivity index (χ3n) is 3.73. The second-order valence-electron chi connectivity index (χ2n) is 7.09. The fourth-order valence-corrected chi connectivity index (χ4v) is 2.53. The molecule has 7 heteroatoms. The molecule has 140 valence electrons. The molecule has 0 saturated heterocycles. The molecule has 0 bridgehead atoms. The van der Waals surface area contributed by atoms with Crippen LogP contribution in [-0.2, 0) is 16.1 Å². The van der Waals surface area contributed by atoms with Gasteiger partial charge in [-0.2, -0.15) is 0 Å². The smallest absolute Gasteiger partial charge is 0.341 e. The number of para-hydroxylation sites is 1. The number of carbonyl (C=O) groups excluding carboxylic acids is 3. The number of nitrogens with zero attached hydrogens (tertiary/aromatic N) is 1. The number of ether oxygens (including phenoxy) is 1. The minimum absolute atomic E-state index is 0.390. The van der Waals surface area contributed by atoms with E-state index in [-0.39, 0.29) is 0 Å². The number of imide groups is 1. The number of aryl methyl sites for hydroxylation is 1. The zero-order chi connectivity index (χ0) is 19.5. The van der Waals surface area contributed by atoms with Crippen molar-refractivity contribution in [2.24, 2.45) is 0 Å². The lowest BCUT2D eigenvalue weighted by molar-refractivity contribution is -0.127. The second-order valence-corrected chi connectivity index (χ2v) is 7.09. The normalized spacial score (nSPS) is 12.5. The summed E-state index contributed by atoms with van der Waals surface area (Å²) < 4.78 is 7.19. The SMILES string of the molecule is CCn1cc(C(=O)O[C@H](C)C(=O)NC(=O)NC(C)(C)C)c2ccccc21. The zero-order valence-electron chi connectivity index (χ0n) is 15.8. The van der Waals surface area contributed by atoms with Crippen LogP contribution >= 0.6 is 0 Å². The topological polar surface area (TPSA) is 89.4 Å². The minimum Gasteiger partial charge on any atom is -0.449 e. The van der Waals surface area contributed by atoms with Crippen LogP contribution in [-0.4, -0.2) is 34.1 Å². The Morgan fingerprint density at radius 3 is 2.46 bits per heavy atom. The molecule has 2 N–H and O–H groups in total. The van der Waals surface area contributed by atoms with E-state index in [2.05, 4.69) is 10.6 Å². The third-order valence-corrected chi connectivity index (χ3v) is 3.73. The van der Waals surface area contributed by atoms with Gasteiger partial charge in [-0.15, -0.1) is 0 Å². The number of benzene rings is 1. The number of fused-ring (bicyclic) bond motifs is 1. The molecule has 2 rings (SSSR count). The van der Waals surface area contributed by atoms with Crippen LogP contribution in [0.2, 0.25) is 0 Å². The Kier molecular flexibility index (Phi) is 5.69. The van der Waals surface area contributed by atoms with E-state index in [9.17, 15) is 14.4 Å². The molecule has 1 aromatic carbocycles. The molecule has 1 atom stereocenters. The number of amides is 3. The molecule has 0 saturated carbocycles. The van der Waals surface area contributed by atoms with Crippen LogP contribution in [0, 0.1) is 0 Å². The fourth-order valence-electron chi connectivity index (χ4n) is 2.53. The molecule has 2 aromatic rings. The first-order valence-corrected chi connectivity index (χ1v) is 8.54. The van der Waals surface area contributed by atoms with Gasteiger partial charge in [-0.1, -0.05) is 18.2 Å². The summed E-state index contributed by atoms with van der Waals surface area (Å²) in [6.45, 7) is 9.50. The van der Waals surface area contributed by atoms with Crippen molar-refractivity contribution in [3.05, 3.63) is 36.0 Å². The van der Waals surface area contributed by atoms with E-state index in [0.29, 0.717) is 12.1 Å². The second kappa shape index (κ2) is 7.59. The average Bonchev–Trinajstić information content (AvgIpc) is 2.91. The molecule has 0 unspecified atom stereocenters.